The number of hydrogen-bond donors (Lipinski definition) is 4. The lowest BCUT2D eigenvalue weighted by Gasteiger charge is -2.25. The monoisotopic (exact) mass is 486 g/mol. The van der Waals surface area contributed by atoms with Crippen LogP contribution in [0.15, 0.2) is 36.8 Å². The van der Waals surface area contributed by atoms with Gasteiger partial charge in [0.25, 0.3) is 0 Å². The molecule has 1 saturated carbocycles. The van der Waals surface area contributed by atoms with Crippen LogP contribution in [0.5, 0.6) is 0 Å². The van der Waals surface area contributed by atoms with E-state index in [4.69, 9.17) is 16.2 Å². The minimum Gasteiger partial charge on any atom is -0.385 e. The maximum absolute atomic E-state index is 15.1. The molecule has 0 amide bonds. The first kappa shape index (κ1) is 22.0. The molecule has 1 aliphatic carbocycles. The number of ether oxygens (including phenoxy) is 1. The van der Waals surface area contributed by atoms with Gasteiger partial charge in [-0.15, -0.1) is 0 Å². The molecule has 0 bridgehead atoms. The van der Waals surface area contributed by atoms with Crippen molar-refractivity contribution in [3.8, 4) is 0 Å². The van der Waals surface area contributed by atoms with Gasteiger partial charge in [0.15, 0.2) is 29.3 Å². The quantitative estimate of drug-likeness (QED) is 0.344. The summed E-state index contributed by atoms with van der Waals surface area (Å²) < 4.78 is 50.6. The molecule has 182 valence electrons. The van der Waals surface area contributed by atoms with Crippen molar-refractivity contribution in [3.05, 3.63) is 54.0 Å². The molecule has 35 heavy (non-hydrogen) atoms. The molecule has 6 atom stereocenters. The van der Waals surface area contributed by atoms with Crippen molar-refractivity contribution in [2.75, 3.05) is 11.5 Å². The Hall–Kier alpha value is -3.48. The maximum atomic E-state index is 15.1. The maximum Gasteiger partial charge on any atom is 0.165 e. The van der Waals surface area contributed by atoms with Gasteiger partial charge in [0.05, 0.1) is 17.0 Å². The van der Waals surface area contributed by atoms with Crippen LogP contribution in [0.1, 0.15) is 18.2 Å². The van der Waals surface area contributed by atoms with Gasteiger partial charge in [-0.25, -0.2) is 28.1 Å². The number of nitrogen functional groups attached to an aromatic ring is 2. The van der Waals surface area contributed by atoms with E-state index in [9.17, 15) is 19.0 Å². The fourth-order valence-corrected chi connectivity index (χ4v) is 5.43. The molecule has 3 aromatic heterocycles. The molecule has 6 rings (SSSR count). The van der Waals surface area contributed by atoms with E-state index < -0.39 is 47.8 Å². The van der Waals surface area contributed by atoms with Gasteiger partial charge in [-0.1, -0.05) is 12.1 Å². The Kier molecular flexibility index (Phi) is 4.72. The summed E-state index contributed by atoms with van der Waals surface area (Å²) in [5.74, 6) is -2.48. The number of nitrogens with zero attached hydrogens (tertiary/aromatic N) is 4. The van der Waals surface area contributed by atoms with E-state index in [1.165, 1.54) is 10.6 Å². The van der Waals surface area contributed by atoms with Crippen LogP contribution in [0.2, 0.25) is 0 Å². The Morgan fingerprint density at radius 2 is 1.94 bits per heavy atom. The zero-order chi connectivity index (χ0) is 24.6. The third-order valence-electron chi connectivity index (χ3n) is 7.14. The van der Waals surface area contributed by atoms with Gasteiger partial charge in [-0.3, -0.25) is 0 Å². The van der Waals surface area contributed by atoms with Gasteiger partial charge in [-0.05, 0) is 24.1 Å². The number of rotatable bonds is 3. The van der Waals surface area contributed by atoms with E-state index in [0.717, 1.165) is 12.5 Å². The first-order valence-electron chi connectivity index (χ1n) is 11.0. The topological polar surface area (TPSA) is 145 Å². The predicted octanol–water partition coefficient (Wildman–Crippen LogP) is 2.01. The number of nitrogens with two attached hydrogens (primary N) is 2. The lowest BCUT2D eigenvalue weighted by atomic mass is 9.89. The van der Waals surface area contributed by atoms with Crippen molar-refractivity contribution < 1.29 is 28.1 Å². The molecular formula is C23H21F3N6O3. The summed E-state index contributed by atoms with van der Waals surface area (Å²) in [7, 11) is 0. The van der Waals surface area contributed by atoms with Crippen LogP contribution in [-0.2, 0) is 11.2 Å². The first-order chi connectivity index (χ1) is 16.7. The molecule has 0 radical (unpaired) electrons. The smallest absolute Gasteiger partial charge is 0.165 e. The van der Waals surface area contributed by atoms with Crippen LogP contribution in [0.3, 0.4) is 0 Å². The summed E-state index contributed by atoms with van der Waals surface area (Å²) in [6, 6.07) is 6.31. The molecule has 6 N–H and O–H groups in total. The van der Waals surface area contributed by atoms with Crippen LogP contribution in [0.25, 0.3) is 21.9 Å². The molecule has 0 spiro atoms. The van der Waals surface area contributed by atoms with E-state index in [1.807, 2.05) is 0 Å². The highest BCUT2D eigenvalue weighted by Gasteiger charge is 2.65. The third kappa shape index (κ3) is 3.17. The molecular weight excluding hydrogens is 465 g/mol. The number of hydrogen-bond acceptors (Lipinski definition) is 8. The van der Waals surface area contributed by atoms with Gasteiger partial charge in [-0.2, -0.15) is 0 Å². The van der Waals surface area contributed by atoms with Crippen LogP contribution >= 0.6 is 0 Å². The van der Waals surface area contributed by atoms with Crippen LogP contribution in [0, 0.1) is 17.6 Å². The lowest BCUT2D eigenvalue weighted by molar-refractivity contribution is -0.0685. The summed E-state index contributed by atoms with van der Waals surface area (Å²) in [5, 5.41) is 22.8. The minimum atomic E-state index is -1.90. The number of alkyl halides is 1. The van der Waals surface area contributed by atoms with Gasteiger partial charge < -0.3 is 31.0 Å². The van der Waals surface area contributed by atoms with Crippen molar-refractivity contribution in [1.29, 1.82) is 0 Å². The fraction of sp³-hybridized carbons (Fsp3) is 0.348. The second-order valence-corrected chi connectivity index (χ2v) is 9.20. The number of benzene rings is 1. The normalized spacial score (nSPS) is 30.4. The van der Waals surface area contributed by atoms with Crippen LogP contribution in [0.4, 0.5) is 24.8 Å². The molecule has 2 aliphatic rings. The molecule has 1 aromatic carbocycles. The number of fused-ring (bicyclic) bond motifs is 3. The summed E-state index contributed by atoms with van der Waals surface area (Å²) in [6.07, 6.45) is -3.32. The molecule has 1 aliphatic heterocycles. The summed E-state index contributed by atoms with van der Waals surface area (Å²) in [4.78, 5) is 11.9. The third-order valence-corrected chi connectivity index (χ3v) is 7.14. The molecule has 4 heterocycles. The first-order valence-corrected chi connectivity index (χ1v) is 11.0. The van der Waals surface area contributed by atoms with Gasteiger partial charge in [0, 0.05) is 23.9 Å². The molecule has 9 nitrogen and oxygen atoms in total. The van der Waals surface area contributed by atoms with Gasteiger partial charge >= 0.3 is 0 Å². The molecule has 4 aromatic rings. The Morgan fingerprint density at radius 3 is 2.74 bits per heavy atom. The zero-order valence-corrected chi connectivity index (χ0v) is 18.1. The second kappa shape index (κ2) is 7.51. The SMILES string of the molecule is Nc1nc2cc(C[C@H]3[C@H]4O[C@@H](n5cc(F)c6c(N)ncnc65)[C@H](O)[C@@]4(O)C[C@@H]3F)ccc2cc1F. The summed E-state index contributed by atoms with van der Waals surface area (Å²) in [6.45, 7) is 0. The predicted molar refractivity (Wildman–Crippen MR) is 120 cm³/mol. The Balaban J connectivity index is 1.33. The van der Waals surface area contributed by atoms with E-state index >= 15 is 4.39 Å². The lowest BCUT2D eigenvalue weighted by Crippen LogP contribution is -2.45. The number of aromatic nitrogens is 4. The minimum absolute atomic E-state index is 0.0355. The average Bonchev–Trinajstić information content (AvgIpc) is 3.36. The Bertz CT molecular complexity index is 1480. The summed E-state index contributed by atoms with van der Waals surface area (Å²) >= 11 is 0. The van der Waals surface area contributed by atoms with Crippen molar-refractivity contribution in [3.63, 3.8) is 0 Å². The largest absolute Gasteiger partial charge is 0.385 e. The van der Waals surface area contributed by atoms with Crippen molar-refractivity contribution in [2.24, 2.45) is 5.92 Å². The summed E-state index contributed by atoms with van der Waals surface area (Å²) in [5.41, 5.74) is 10.6. The van der Waals surface area contributed by atoms with E-state index in [0.29, 0.717) is 16.5 Å². The highest BCUT2D eigenvalue weighted by molar-refractivity contribution is 5.87. The highest BCUT2D eigenvalue weighted by Crippen LogP contribution is 2.52. The number of aliphatic hydroxyl groups excluding tert-OH is 1. The van der Waals surface area contributed by atoms with E-state index in [2.05, 4.69) is 15.0 Å². The van der Waals surface area contributed by atoms with Crippen molar-refractivity contribution >= 4 is 33.6 Å². The Labute approximate surface area is 196 Å². The standard InChI is InChI=1S/C23H21F3N6O3/c24-12-5-10-2-1-9(4-15(10)31-19(12)27)3-11-13(25)6-23(34)17(33)22(35-18(11)23)32-7-14(26)16-20(28)29-8-30-21(16)32/h1-2,4-5,7-8,11,13,17-18,22,33-34H,3,6H2,(H2,27,31)(H2,28,29,30)/t11-,13+,17+,18-,22-,23+/m1/s1. The molecule has 2 fully saturated rings. The number of aliphatic hydroxyl groups is 2. The van der Waals surface area contributed by atoms with Crippen molar-refractivity contribution in [2.45, 2.75) is 43.1 Å². The number of halogens is 3. The Morgan fingerprint density at radius 1 is 1.14 bits per heavy atom. The second-order valence-electron chi connectivity index (χ2n) is 9.20. The van der Waals surface area contributed by atoms with Crippen LogP contribution in [-0.4, -0.2) is 53.7 Å². The van der Waals surface area contributed by atoms with E-state index in [-0.39, 0.29) is 35.5 Å². The van der Waals surface area contributed by atoms with Crippen LogP contribution < -0.4 is 11.5 Å². The number of pyridine rings is 1. The molecule has 12 heteroatoms. The molecule has 0 unspecified atom stereocenters. The van der Waals surface area contributed by atoms with E-state index in [1.54, 1.807) is 18.2 Å². The highest BCUT2D eigenvalue weighted by atomic mass is 19.1. The molecule has 1 saturated heterocycles. The van der Waals surface area contributed by atoms with Gasteiger partial charge in [0.1, 0.15) is 30.0 Å². The average molecular weight is 486 g/mol. The number of anilines is 2. The van der Waals surface area contributed by atoms with Gasteiger partial charge in [0.2, 0.25) is 0 Å². The van der Waals surface area contributed by atoms with Crippen molar-refractivity contribution in [1.82, 2.24) is 19.5 Å². The zero-order valence-electron chi connectivity index (χ0n) is 18.1. The fourth-order valence-electron chi connectivity index (χ4n) is 5.43.